The van der Waals surface area contributed by atoms with Gasteiger partial charge in [0.15, 0.2) is 0 Å². The smallest absolute Gasteiger partial charge is 0.300 e. The summed E-state index contributed by atoms with van der Waals surface area (Å²) in [6, 6.07) is 18.8. The van der Waals surface area contributed by atoms with Crippen LogP contribution < -0.4 is 10.6 Å². The monoisotopic (exact) mass is 446 g/mol. The SMILES string of the molecule is O=C(Nc1cccc(F)c1)c1ccc(Nc2c([N+](=O)[O-])cc([N+](=O)[O-])c3ccccc23)cc1. The van der Waals surface area contributed by atoms with Crippen LogP contribution in [0, 0.1) is 26.0 Å². The molecule has 4 rings (SSSR count). The van der Waals surface area contributed by atoms with E-state index in [2.05, 4.69) is 10.6 Å². The number of amides is 1. The topological polar surface area (TPSA) is 127 Å². The van der Waals surface area contributed by atoms with Gasteiger partial charge in [0.25, 0.3) is 17.3 Å². The van der Waals surface area contributed by atoms with Gasteiger partial charge in [-0.25, -0.2) is 4.39 Å². The van der Waals surface area contributed by atoms with E-state index in [1.807, 2.05) is 0 Å². The Bertz CT molecular complexity index is 1410. The molecule has 164 valence electrons. The molecule has 0 aromatic heterocycles. The van der Waals surface area contributed by atoms with E-state index < -0.39 is 27.3 Å². The molecule has 0 saturated carbocycles. The second kappa shape index (κ2) is 8.71. The summed E-state index contributed by atoms with van der Waals surface area (Å²) in [5, 5.41) is 29.1. The molecule has 0 atom stereocenters. The first-order chi connectivity index (χ1) is 15.8. The first-order valence-electron chi connectivity index (χ1n) is 9.62. The number of carbonyl (C=O) groups excluding carboxylic acids is 1. The van der Waals surface area contributed by atoms with Gasteiger partial charge in [0.2, 0.25) is 0 Å². The number of nitro groups is 2. The molecule has 0 bridgehead atoms. The van der Waals surface area contributed by atoms with Crippen molar-refractivity contribution in [1.29, 1.82) is 0 Å². The van der Waals surface area contributed by atoms with Crippen molar-refractivity contribution >= 4 is 45.1 Å². The molecule has 4 aromatic rings. The lowest BCUT2D eigenvalue weighted by Crippen LogP contribution is -2.11. The highest BCUT2D eigenvalue weighted by Crippen LogP contribution is 2.40. The van der Waals surface area contributed by atoms with Crippen molar-refractivity contribution in [2.75, 3.05) is 10.6 Å². The van der Waals surface area contributed by atoms with Gasteiger partial charge in [0.05, 0.1) is 21.3 Å². The zero-order valence-electron chi connectivity index (χ0n) is 16.8. The summed E-state index contributed by atoms with van der Waals surface area (Å²) in [6.45, 7) is 0. The quantitative estimate of drug-likeness (QED) is 0.285. The fourth-order valence-corrected chi connectivity index (χ4v) is 3.39. The number of nitro benzene ring substituents is 2. The van der Waals surface area contributed by atoms with Crippen LogP contribution in [0.4, 0.5) is 32.8 Å². The Kier molecular flexibility index (Phi) is 5.64. The minimum Gasteiger partial charge on any atom is -0.349 e. The number of hydrogen-bond acceptors (Lipinski definition) is 6. The molecule has 0 radical (unpaired) electrons. The van der Waals surface area contributed by atoms with Crippen molar-refractivity contribution in [3.05, 3.63) is 110 Å². The summed E-state index contributed by atoms with van der Waals surface area (Å²) >= 11 is 0. The van der Waals surface area contributed by atoms with Crippen LogP contribution in [0.2, 0.25) is 0 Å². The highest BCUT2D eigenvalue weighted by molar-refractivity contribution is 6.06. The van der Waals surface area contributed by atoms with Crippen LogP contribution in [-0.2, 0) is 0 Å². The summed E-state index contributed by atoms with van der Waals surface area (Å²) in [5.41, 5.74) is 0.293. The molecular formula is C23H15FN4O5. The summed E-state index contributed by atoms with van der Waals surface area (Å²) < 4.78 is 13.3. The van der Waals surface area contributed by atoms with E-state index in [9.17, 15) is 29.4 Å². The van der Waals surface area contributed by atoms with Gasteiger partial charge < -0.3 is 10.6 Å². The van der Waals surface area contributed by atoms with Crippen LogP contribution in [0.5, 0.6) is 0 Å². The van der Waals surface area contributed by atoms with Crippen molar-refractivity contribution < 1.29 is 19.0 Å². The van der Waals surface area contributed by atoms with Crippen molar-refractivity contribution in [2.45, 2.75) is 0 Å². The molecule has 0 heterocycles. The number of fused-ring (bicyclic) bond motifs is 1. The predicted molar refractivity (Wildman–Crippen MR) is 121 cm³/mol. The van der Waals surface area contributed by atoms with Crippen LogP contribution in [0.1, 0.15) is 10.4 Å². The highest BCUT2D eigenvalue weighted by atomic mass is 19.1. The van der Waals surface area contributed by atoms with Crippen LogP contribution in [-0.4, -0.2) is 15.8 Å². The average Bonchev–Trinajstić information content (AvgIpc) is 2.79. The third-order valence-electron chi connectivity index (χ3n) is 4.89. The summed E-state index contributed by atoms with van der Waals surface area (Å²) in [6.07, 6.45) is 0. The minimum atomic E-state index is -0.692. The Morgan fingerprint density at radius 3 is 2.06 bits per heavy atom. The van der Waals surface area contributed by atoms with E-state index in [4.69, 9.17) is 0 Å². The summed E-state index contributed by atoms with van der Waals surface area (Å²) in [4.78, 5) is 34.1. The number of anilines is 3. The van der Waals surface area contributed by atoms with Crippen LogP contribution in [0.15, 0.2) is 78.9 Å². The zero-order valence-corrected chi connectivity index (χ0v) is 16.8. The van der Waals surface area contributed by atoms with E-state index in [1.54, 1.807) is 36.4 Å². The van der Waals surface area contributed by atoms with Crippen molar-refractivity contribution in [3.8, 4) is 0 Å². The van der Waals surface area contributed by atoms with Gasteiger partial charge in [0.1, 0.15) is 11.5 Å². The number of rotatable bonds is 6. The lowest BCUT2D eigenvalue weighted by Gasteiger charge is -2.12. The summed E-state index contributed by atoms with van der Waals surface area (Å²) in [5.74, 6) is -0.941. The molecule has 0 spiro atoms. The molecule has 9 nitrogen and oxygen atoms in total. The molecule has 0 saturated heterocycles. The third-order valence-corrected chi connectivity index (χ3v) is 4.89. The van der Waals surface area contributed by atoms with E-state index in [1.165, 1.54) is 36.4 Å². The molecular weight excluding hydrogens is 431 g/mol. The van der Waals surface area contributed by atoms with Gasteiger partial charge in [-0.2, -0.15) is 0 Å². The third kappa shape index (κ3) is 4.44. The minimum absolute atomic E-state index is 0.0955. The number of carbonyl (C=O) groups is 1. The normalized spacial score (nSPS) is 10.6. The molecule has 0 fully saturated rings. The molecule has 0 aliphatic heterocycles. The Morgan fingerprint density at radius 1 is 0.758 bits per heavy atom. The Morgan fingerprint density at radius 2 is 1.42 bits per heavy atom. The van der Waals surface area contributed by atoms with Gasteiger partial charge in [-0.05, 0) is 48.5 Å². The van der Waals surface area contributed by atoms with Crippen molar-refractivity contribution in [1.82, 2.24) is 0 Å². The molecule has 0 aliphatic carbocycles. The van der Waals surface area contributed by atoms with Crippen LogP contribution in [0.3, 0.4) is 0 Å². The predicted octanol–water partition coefficient (Wildman–Crippen LogP) is 5.79. The second-order valence-electron chi connectivity index (χ2n) is 7.02. The van der Waals surface area contributed by atoms with E-state index in [0.717, 1.165) is 6.07 Å². The first-order valence-corrected chi connectivity index (χ1v) is 9.62. The standard InChI is InChI=1S/C23H15FN4O5/c24-15-4-3-5-17(12-15)26-23(29)14-8-10-16(11-9-14)25-22-19-7-2-1-6-18(19)20(27(30)31)13-21(22)28(32)33/h1-13,25H,(H,26,29). The first kappa shape index (κ1) is 21.4. The van der Waals surface area contributed by atoms with Crippen molar-refractivity contribution in [2.24, 2.45) is 0 Å². The van der Waals surface area contributed by atoms with E-state index in [-0.39, 0.29) is 22.3 Å². The second-order valence-corrected chi connectivity index (χ2v) is 7.02. The van der Waals surface area contributed by atoms with Crippen LogP contribution >= 0.6 is 0 Å². The molecule has 10 heteroatoms. The van der Waals surface area contributed by atoms with Gasteiger partial charge in [-0.1, -0.05) is 24.3 Å². The molecule has 2 N–H and O–H groups in total. The van der Waals surface area contributed by atoms with Gasteiger partial charge >= 0.3 is 0 Å². The average molecular weight is 446 g/mol. The lowest BCUT2D eigenvalue weighted by atomic mass is 10.0. The molecule has 33 heavy (non-hydrogen) atoms. The maximum Gasteiger partial charge on any atom is 0.300 e. The Labute approximate surface area is 185 Å². The molecule has 4 aromatic carbocycles. The zero-order chi connectivity index (χ0) is 23.5. The van der Waals surface area contributed by atoms with Gasteiger partial charge in [-0.3, -0.25) is 25.0 Å². The fourth-order valence-electron chi connectivity index (χ4n) is 3.39. The van der Waals surface area contributed by atoms with Crippen molar-refractivity contribution in [3.63, 3.8) is 0 Å². The molecule has 0 aliphatic rings. The fraction of sp³-hybridized carbons (Fsp3) is 0. The largest absolute Gasteiger partial charge is 0.349 e. The lowest BCUT2D eigenvalue weighted by molar-refractivity contribution is -0.392. The maximum absolute atomic E-state index is 13.3. The van der Waals surface area contributed by atoms with E-state index in [0.29, 0.717) is 16.8 Å². The van der Waals surface area contributed by atoms with Gasteiger partial charge in [0, 0.05) is 22.3 Å². The Hall–Kier alpha value is -4.86. The number of nitrogens with zero attached hydrogens (tertiary/aromatic N) is 2. The highest BCUT2D eigenvalue weighted by Gasteiger charge is 2.25. The maximum atomic E-state index is 13.3. The summed E-state index contributed by atoms with van der Waals surface area (Å²) in [7, 11) is 0. The Balaban J connectivity index is 1.65. The number of halogens is 1. The van der Waals surface area contributed by atoms with E-state index >= 15 is 0 Å². The molecule has 1 amide bonds. The number of non-ortho nitro benzene ring substituents is 1. The number of benzene rings is 4. The molecule has 0 unspecified atom stereocenters. The number of nitrogens with one attached hydrogen (secondary N) is 2. The van der Waals surface area contributed by atoms with Crippen LogP contribution in [0.25, 0.3) is 10.8 Å². The van der Waals surface area contributed by atoms with Gasteiger partial charge in [-0.15, -0.1) is 0 Å². The number of hydrogen-bond donors (Lipinski definition) is 2.